The van der Waals surface area contributed by atoms with Crippen LogP contribution in [-0.4, -0.2) is 23.5 Å². The molecule has 0 saturated heterocycles. The van der Waals surface area contributed by atoms with Crippen LogP contribution in [0.1, 0.15) is 39.8 Å². The van der Waals surface area contributed by atoms with Crippen molar-refractivity contribution in [2.24, 2.45) is 0 Å². The molecule has 1 heterocycles. The second-order valence-electron chi connectivity index (χ2n) is 5.07. The van der Waals surface area contributed by atoms with Crippen LogP contribution in [0, 0.1) is 0 Å². The van der Waals surface area contributed by atoms with Gasteiger partial charge in [0.15, 0.2) is 5.11 Å². The molecule has 0 bridgehead atoms. The molecule has 132 valence electrons. The number of ether oxygens (including phenoxy) is 1. The SMILES string of the molecule is CCCCOc1ccc(C(=O)NC(=S)NNC(=O)c2cccs2)cc1. The number of hydrogen-bond acceptors (Lipinski definition) is 5. The minimum absolute atomic E-state index is 0.0122. The van der Waals surface area contributed by atoms with E-state index in [4.69, 9.17) is 17.0 Å². The molecule has 8 heteroatoms. The lowest BCUT2D eigenvalue weighted by molar-refractivity contribution is 0.0938. The van der Waals surface area contributed by atoms with Gasteiger partial charge in [0.05, 0.1) is 11.5 Å². The van der Waals surface area contributed by atoms with Gasteiger partial charge >= 0.3 is 0 Å². The molecule has 1 aromatic carbocycles. The molecule has 25 heavy (non-hydrogen) atoms. The summed E-state index contributed by atoms with van der Waals surface area (Å²) in [5, 5.41) is 4.31. The molecular formula is C17H19N3O3S2. The molecule has 0 atom stereocenters. The van der Waals surface area contributed by atoms with E-state index in [1.165, 1.54) is 11.3 Å². The fourth-order valence-electron chi connectivity index (χ4n) is 1.83. The number of carbonyl (C=O) groups excluding carboxylic acids is 2. The van der Waals surface area contributed by atoms with Gasteiger partial charge in [0.25, 0.3) is 11.8 Å². The van der Waals surface area contributed by atoms with Crippen molar-refractivity contribution in [3.05, 3.63) is 52.2 Å². The van der Waals surface area contributed by atoms with E-state index in [0.29, 0.717) is 22.8 Å². The highest BCUT2D eigenvalue weighted by Gasteiger charge is 2.10. The zero-order valence-electron chi connectivity index (χ0n) is 13.7. The first-order chi connectivity index (χ1) is 12.1. The molecule has 0 unspecified atom stereocenters. The van der Waals surface area contributed by atoms with Crippen molar-refractivity contribution in [2.45, 2.75) is 19.8 Å². The number of thiophene rings is 1. The van der Waals surface area contributed by atoms with E-state index >= 15 is 0 Å². The highest BCUT2D eigenvalue weighted by Crippen LogP contribution is 2.12. The summed E-state index contributed by atoms with van der Waals surface area (Å²) in [5.41, 5.74) is 5.37. The molecule has 2 amide bonds. The van der Waals surface area contributed by atoms with Crippen molar-refractivity contribution in [3.63, 3.8) is 0 Å². The Balaban J connectivity index is 1.78. The first-order valence-electron chi connectivity index (χ1n) is 7.78. The van der Waals surface area contributed by atoms with E-state index in [2.05, 4.69) is 23.1 Å². The number of amides is 2. The van der Waals surface area contributed by atoms with Crippen molar-refractivity contribution in [3.8, 4) is 5.75 Å². The summed E-state index contributed by atoms with van der Waals surface area (Å²) in [6.45, 7) is 2.75. The molecule has 6 nitrogen and oxygen atoms in total. The van der Waals surface area contributed by atoms with Gasteiger partial charge in [-0.1, -0.05) is 19.4 Å². The maximum atomic E-state index is 12.1. The molecule has 0 radical (unpaired) electrons. The minimum Gasteiger partial charge on any atom is -0.494 e. The van der Waals surface area contributed by atoms with Crippen molar-refractivity contribution in [1.82, 2.24) is 16.2 Å². The Morgan fingerprint density at radius 3 is 2.52 bits per heavy atom. The van der Waals surface area contributed by atoms with E-state index in [1.54, 1.807) is 41.8 Å². The molecule has 0 aliphatic heterocycles. The fraction of sp³-hybridized carbons (Fsp3) is 0.235. The van der Waals surface area contributed by atoms with Gasteiger partial charge in [0.1, 0.15) is 5.75 Å². The number of benzene rings is 1. The Morgan fingerprint density at radius 1 is 1.12 bits per heavy atom. The molecule has 0 aliphatic rings. The number of carbonyl (C=O) groups is 2. The first kappa shape index (κ1) is 18.9. The standard InChI is InChI=1S/C17H19N3O3S2/c1-2-3-10-23-13-8-6-12(7-9-13)15(21)18-17(24)20-19-16(22)14-5-4-11-25-14/h4-9,11H,2-3,10H2,1H3,(H,19,22)(H2,18,20,21,24). The minimum atomic E-state index is -0.372. The van der Waals surface area contributed by atoms with Gasteiger partial charge in [-0.25, -0.2) is 0 Å². The quantitative estimate of drug-likeness (QED) is 0.410. The van der Waals surface area contributed by atoms with Crippen molar-refractivity contribution in [2.75, 3.05) is 6.61 Å². The molecule has 3 N–H and O–H groups in total. The van der Waals surface area contributed by atoms with Crippen LogP contribution >= 0.6 is 23.6 Å². The lowest BCUT2D eigenvalue weighted by Crippen LogP contribution is -2.48. The van der Waals surface area contributed by atoms with Gasteiger partial charge in [-0.15, -0.1) is 11.3 Å². The summed E-state index contributed by atoms with van der Waals surface area (Å²) in [5.74, 6) is 0.0251. The Kier molecular flexibility index (Phi) is 7.36. The van der Waals surface area contributed by atoms with E-state index in [0.717, 1.165) is 12.8 Å². The van der Waals surface area contributed by atoms with Crippen LogP contribution in [0.2, 0.25) is 0 Å². The van der Waals surface area contributed by atoms with Crippen LogP contribution in [0.15, 0.2) is 41.8 Å². The first-order valence-corrected chi connectivity index (χ1v) is 9.07. The summed E-state index contributed by atoms with van der Waals surface area (Å²) in [6.07, 6.45) is 2.05. The Hall–Kier alpha value is -2.45. The van der Waals surface area contributed by atoms with Gasteiger partial charge in [-0.2, -0.15) is 0 Å². The summed E-state index contributed by atoms with van der Waals surface area (Å²) in [7, 11) is 0. The third kappa shape index (κ3) is 6.17. The maximum absolute atomic E-state index is 12.1. The smallest absolute Gasteiger partial charge is 0.279 e. The number of hydrazine groups is 1. The lowest BCUT2D eigenvalue weighted by atomic mass is 10.2. The predicted octanol–water partition coefficient (Wildman–Crippen LogP) is 2.88. The van der Waals surface area contributed by atoms with Crippen LogP contribution < -0.4 is 20.9 Å². The largest absolute Gasteiger partial charge is 0.494 e. The summed E-state index contributed by atoms with van der Waals surface area (Å²) in [4.78, 5) is 24.4. The third-order valence-corrected chi connectivity index (χ3v) is 4.22. The molecular weight excluding hydrogens is 358 g/mol. The van der Waals surface area contributed by atoms with Gasteiger partial charge in [0.2, 0.25) is 0 Å². The molecule has 1 aromatic heterocycles. The maximum Gasteiger partial charge on any atom is 0.279 e. The van der Waals surface area contributed by atoms with Crippen molar-refractivity contribution < 1.29 is 14.3 Å². The summed E-state index contributed by atoms with van der Waals surface area (Å²) < 4.78 is 5.55. The Morgan fingerprint density at radius 2 is 1.88 bits per heavy atom. The van der Waals surface area contributed by atoms with Crippen molar-refractivity contribution in [1.29, 1.82) is 0 Å². The normalized spacial score (nSPS) is 9.96. The summed E-state index contributed by atoms with van der Waals surface area (Å²) in [6, 6.07) is 10.2. The van der Waals surface area contributed by atoms with Gasteiger partial charge < -0.3 is 4.74 Å². The third-order valence-electron chi connectivity index (χ3n) is 3.14. The number of hydrogen-bond donors (Lipinski definition) is 3. The second-order valence-corrected chi connectivity index (χ2v) is 6.42. The number of thiocarbonyl (C=S) groups is 1. The number of rotatable bonds is 6. The molecule has 2 rings (SSSR count). The molecule has 0 spiro atoms. The van der Waals surface area contributed by atoms with Crippen LogP contribution in [0.4, 0.5) is 0 Å². The highest BCUT2D eigenvalue weighted by molar-refractivity contribution is 7.80. The molecule has 0 fully saturated rings. The van der Waals surface area contributed by atoms with E-state index in [-0.39, 0.29) is 16.9 Å². The van der Waals surface area contributed by atoms with Crippen LogP contribution in [0.25, 0.3) is 0 Å². The van der Waals surface area contributed by atoms with Crippen molar-refractivity contribution >= 4 is 40.5 Å². The highest BCUT2D eigenvalue weighted by atomic mass is 32.1. The van der Waals surface area contributed by atoms with Crippen LogP contribution in [0.3, 0.4) is 0 Å². The number of nitrogens with one attached hydrogen (secondary N) is 3. The average Bonchev–Trinajstić information content (AvgIpc) is 3.15. The van der Waals surface area contributed by atoms with E-state index in [1.807, 2.05) is 0 Å². The zero-order chi connectivity index (χ0) is 18.1. The Labute approximate surface area is 155 Å². The van der Waals surface area contributed by atoms with Gasteiger partial charge in [-0.3, -0.25) is 25.8 Å². The predicted molar refractivity (Wildman–Crippen MR) is 102 cm³/mol. The fourth-order valence-corrected chi connectivity index (χ4v) is 2.59. The van der Waals surface area contributed by atoms with Gasteiger partial charge in [-0.05, 0) is 54.4 Å². The lowest BCUT2D eigenvalue weighted by Gasteiger charge is -2.10. The van der Waals surface area contributed by atoms with E-state index in [9.17, 15) is 9.59 Å². The Bertz CT molecular complexity index is 715. The van der Waals surface area contributed by atoms with E-state index < -0.39 is 0 Å². The van der Waals surface area contributed by atoms with Gasteiger partial charge in [0, 0.05) is 5.56 Å². The molecule has 2 aromatic rings. The second kappa shape index (κ2) is 9.75. The monoisotopic (exact) mass is 377 g/mol. The zero-order valence-corrected chi connectivity index (χ0v) is 15.3. The van der Waals surface area contributed by atoms with Crippen LogP contribution in [0.5, 0.6) is 5.75 Å². The molecule has 0 aliphatic carbocycles. The number of unbranched alkanes of at least 4 members (excludes halogenated alkanes) is 1. The summed E-state index contributed by atoms with van der Waals surface area (Å²) >= 11 is 6.30. The molecule has 0 saturated carbocycles. The topological polar surface area (TPSA) is 79.5 Å². The van der Waals surface area contributed by atoms with Crippen LogP contribution in [-0.2, 0) is 0 Å². The average molecular weight is 377 g/mol.